The van der Waals surface area contributed by atoms with Crippen molar-refractivity contribution in [3.8, 4) is 0 Å². The fourth-order valence-electron chi connectivity index (χ4n) is 2.73. The summed E-state index contributed by atoms with van der Waals surface area (Å²) >= 11 is 1.63. The second-order valence-electron chi connectivity index (χ2n) is 5.08. The van der Waals surface area contributed by atoms with Crippen LogP contribution in [0.15, 0.2) is 17.4 Å². The lowest BCUT2D eigenvalue weighted by molar-refractivity contribution is 0.235. The van der Waals surface area contributed by atoms with Crippen molar-refractivity contribution in [2.45, 2.75) is 43.2 Å². The number of hydrogen-bond acceptors (Lipinski definition) is 5. The van der Waals surface area contributed by atoms with E-state index in [1.807, 2.05) is 12.3 Å². The summed E-state index contributed by atoms with van der Waals surface area (Å²) in [6.45, 7) is 2.95. The molecule has 2 atom stereocenters. The Hall–Kier alpha value is -0.810. The van der Waals surface area contributed by atoms with Crippen LogP contribution in [0.25, 0.3) is 0 Å². The summed E-state index contributed by atoms with van der Waals surface area (Å²) in [4.78, 5) is 8.52. The van der Waals surface area contributed by atoms with Gasteiger partial charge in [-0.15, -0.1) is 11.8 Å². The van der Waals surface area contributed by atoms with Gasteiger partial charge in [-0.05, 0) is 25.0 Å². The highest BCUT2D eigenvalue weighted by molar-refractivity contribution is 7.98. The Balaban J connectivity index is 2.18. The van der Waals surface area contributed by atoms with Crippen LogP contribution in [0, 0.1) is 5.92 Å². The molecule has 3 N–H and O–H groups in total. The standard InChI is InChI=1S/C13H22N4S/c1-10-5-3-4-6-13(10,8-14)17-11-7-12(18-2)16-9-15-11/h7,9-10H,3-6,8,14H2,1-2H3,(H,15,16,17). The second-order valence-corrected chi connectivity index (χ2v) is 5.90. The molecule has 1 aliphatic rings. The van der Waals surface area contributed by atoms with Crippen molar-refractivity contribution in [2.24, 2.45) is 11.7 Å². The predicted molar refractivity (Wildman–Crippen MR) is 76.9 cm³/mol. The van der Waals surface area contributed by atoms with Gasteiger partial charge in [-0.2, -0.15) is 0 Å². The van der Waals surface area contributed by atoms with Crippen LogP contribution in [0.5, 0.6) is 0 Å². The minimum Gasteiger partial charge on any atom is -0.363 e. The Kier molecular flexibility index (Phi) is 4.45. The van der Waals surface area contributed by atoms with Gasteiger partial charge in [-0.25, -0.2) is 9.97 Å². The summed E-state index contributed by atoms with van der Waals surface area (Å²) in [6, 6.07) is 2.00. The van der Waals surface area contributed by atoms with E-state index in [4.69, 9.17) is 5.73 Å². The normalized spacial score (nSPS) is 28.1. The van der Waals surface area contributed by atoms with Gasteiger partial charge >= 0.3 is 0 Å². The van der Waals surface area contributed by atoms with Gasteiger partial charge < -0.3 is 11.1 Å². The maximum Gasteiger partial charge on any atom is 0.130 e. The molecule has 0 bridgehead atoms. The number of rotatable bonds is 4. The van der Waals surface area contributed by atoms with Gasteiger partial charge in [0.25, 0.3) is 0 Å². The number of thioether (sulfide) groups is 1. The molecule has 1 aromatic heterocycles. The highest BCUT2D eigenvalue weighted by atomic mass is 32.2. The molecule has 1 aromatic rings. The first kappa shape index (κ1) is 13.6. The van der Waals surface area contributed by atoms with Gasteiger partial charge in [-0.1, -0.05) is 19.8 Å². The third-order valence-electron chi connectivity index (χ3n) is 4.05. The number of nitrogens with one attached hydrogen (secondary N) is 1. The van der Waals surface area contributed by atoms with Crippen LogP contribution in [0.2, 0.25) is 0 Å². The molecule has 0 spiro atoms. The summed E-state index contributed by atoms with van der Waals surface area (Å²) in [5, 5.41) is 4.57. The van der Waals surface area contributed by atoms with Crippen LogP contribution < -0.4 is 11.1 Å². The average Bonchev–Trinajstić information content (AvgIpc) is 2.42. The summed E-state index contributed by atoms with van der Waals surface area (Å²) in [6.07, 6.45) is 8.56. The molecular formula is C13H22N4S. The zero-order chi connectivity index (χ0) is 13.0. The molecule has 0 aliphatic heterocycles. The molecule has 1 fully saturated rings. The second kappa shape index (κ2) is 5.89. The topological polar surface area (TPSA) is 63.8 Å². The van der Waals surface area contributed by atoms with Gasteiger partial charge in [0.15, 0.2) is 0 Å². The first-order valence-electron chi connectivity index (χ1n) is 6.54. The van der Waals surface area contributed by atoms with Gasteiger partial charge in [-0.3, -0.25) is 0 Å². The average molecular weight is 266 g/mol. The van der Waals surface area contributed by atoms with Crippen molar-refractivity contribution in [3.05, 3.63) is 12.4 Å². The zero-order valence-electron chi connectivity index (χ0n) is 11.1. The Bertz CT molecular complexity index is 398. The number of nitrogens with zero attached hydrogens (tertiary/aromatic N) is 2. The molecule has 1 saturated carbocycles. The van der Waals surface area contributed by atoms with E-state index in [0.29, 0.717) is 12.5 Å². The van der Waals surface area contributed by atoms with E-state index in [1.165, 1.54) is 19.3 Å². The maximum absolute atomic E-state index is 6.04. The van der Waals surface area contributed by atoms with Gasteiger partial charge in [0.1, 0.15) is 17.2 Å². The Morgan fingerprint density at radius 2 is 2.33 bits per heavy atom. The van der Waals surface area contributed by atoms with Crippen molar-refractivity contribution in [2.75, 3.05) is 18.1 Å². The van der Waals surface area contributed by atoms with E-state index in [1.54, 1.807) is 18.1 Å². The highest BCUT2D eigenvalue weighted by Gasteiger charge is 2.37. The van der Waals surface area contributed by atoms with Gasteiger partial charge in [0.05, 0.1) is 5.54 Å². The fraction of sp³-hybridized carbons (Fsp3) is 0.692. The molecule has 18 heavy (non-hydrogen) atoms. The molecule has 4 nitrogen and oxygen atoms in total. The Labute approximate surface area is 113 Å². The highest BCUT2D eigenvalue weighted by Crippen LogP contribution is 2.35. The molecule has 0 aromatic carbocycles. The van der Waals surface area contributed by atoms with Crippen LogP contribution >= 0.6 is 11.8 Å². The lowest BCUT2D eigenvalue weighted by Crippen LogP contribution is -2.52. The van der Waals surface area contributed by atoms with Crippen LogP contribution in [0.1, 0.15) is 32.6 Å². The molecule has 5 heteroatoms. The van der Waals surface area contributed by atoms with E-state index < -0.39 is 0 Å². The Morgan fingerprint density at radius 3 is 3.00 bits per heavy atom. The summed E-state index contributed by atoms with van der Waals surface area (Å²) in [7, 11) is 0. The van der Waals surface area contributed by atoms with Crippen LogP contribution in [0.3, 0.4) is 0 Å². The van der Waals surface area contributed by atoms with Crippen molar-refractivity contribution < 1.29 is 0 Å². The molecule has 2 rings (SSSR count). The fourth-order valence-corrected chi connectivity index (χ4v) is 3.11. The van der Waals surface area contributed by atoms with Crippen molar-refractivity contribution in [1.29, 1.82) is 0 Å². The summed E-state index contributed by atoms with van der Waals surface area (Å²) in [5.74, 6) is 1.48. The molecule has 0 saturated heterocycles. The third kappa shape index (κ3) is 2.78. The van der Waals surface area contributed by atoms with Crippen LogP contribution in [-0.2, 0) is 0 Å². The summed E-state index contributed by atoms with van der Waals surface area (Å²) < 4.78 is 0. The van der Waals surface area contributed by atoms with Gasteiger partial charge in [0.2, 0.25) is 0 Å². The number of aromatic nitrogens is 2. The predicted octanol–water partition coefficient (Wildman–Crippen LogP) is 2.52. The first-order chi connectivity index (χ1) is 8.70. The lowest BCUT2D eigenvalue weighted by atomic mass is 9.73. The minimum absolute atomic E-state index is 0.00226. The van der Waals surface area contributed by atoms with Crippen molar-refractivity contribution >= 4 is 17.6 Å². The van der Waals surface area contributed by atoms with E-state index in [-0.39, 0.29) is 5.54 Å². The van der Waals surface area contributed by atoms with Gasteiger partial charge in [0, 0.05) is 12.6 Å². The Morgan fingerprint density at radius 1 is 1.50 bits per heavy atom. The van der Waals surface area contributed by atoms with E-state index >= 15 is 0 Å². The molecule has 1 aliphatic carbocycles. The van der Waals surface area contributed by atoms with E-state index in [0.717, 1.165) is 17.3 Å². The number of nitrogens with two attached hydrogens (primary N) is 1. The first-order valence-corrected chi connectivity index (χ1v) is 7.77. The minimum atomic E-state index is 0.00226. The van der Waals surface area contributed by atoms with Crippen LogP contribution in [0.4, 0.5) is 5.82 Å². The molecule has 1 heterocycles. The quantitative estimate of drug-likeness (QED) is 0.647. The largest absolute Gasteiger partial charge is 0.363 e. The molecular weight excluding hydrogens is 244 g/mol. The van der Waals surface area contributed by atoms with Crippen LogP contribution in [-0.4, -0.2) is 28.3 Å². The maximum atomic E-state index is 6.04. The monoisotopic (exact) mass is 266 g/mol. The zero-order valence-corrected chi connectivity index (χ0v) is 12.0. The smallest absolute Gasteiger partial charge is 0.130 e. The van der Waals surface area contributed by atoms with E-state index in [9.17, 15) is 0 Å². The van der Waals surface area contributed by atoms with Crippen molar-refractivity contribution in [1.82, 2.24) is 9.97 Å². The summed E-state index contributed by atoms with van der Waals surface area (Å²) in [5.41, 5.74) is 6.04. The van der Waals surface area contributed by atoms with Crippen molar-refractivity contribution in [3.63, 3.8) is 0 Å². The molecule has 0 amide bonds. The molecule has 100 valence electrons. The number of hydrogen-bond donors (Lipinski definition) is 2. The SMILES string of the molecule is CSc1cc(NC2(CN)CCCCC2C)ncn1. The number of anilines is 1. The molecule has 2 unspecified atom stereocenters. The lowest BCUT2D eigenvalue weighted by Gasteiger charge is -2.43. The van der Waals surface area contributed by atoms with E-state index in [2.05, 4.69) is 22.2 Å². The third-order valence-corrected chi connectivity index (χ3v) is 4.69. The molecule has 0 radical (unpaired) electrons.